The molecule has 0 radical (unpaired) electrons. The van der Waals surface area contributed by atoms with Crippen molar-refractivity contribution in [1.29, 1.82) is 0 Å². The van der Waals surface area contributed by atoms with Crippen molar-refractivity contribution in [2.75, 3.05) is 5.32 Å². The van der Waals surface area contributed by atoms with Crippen LogP contribution in [-0.4, -0.2) is 38.2 Å². The van der Waals surface area contributed by atoms with Crippen molar-refractivity contribution < 1.29 is 27.9 Å². The van der Waals surface area contributed by atoms with Crippen LogP contribution in [0, 0.1) is 24.6 Å². The van der Waals surface area contributed by atoms with Gasteiger partial charge in [0.2, 0.25) is 5.91 Å². The van der Waals surface area contributed by atoms with Crippen LogP contribution in [0.2, 0.25) is 5.02 Å². The summed E-state index contributed by atoms with van der Waals surface area (Å²) in [7, 11) is 0. The van der Waals surface area contributed by atoms with Crippen LogP contribution in [0.1, 0.15) is 35.9 Å². The smallest absolute Gasteiger partial charge is 0.228 e. The molecule has 1 amide bonds. The minimum absolute atomic E-state index is 0.0892. The molecule has 3 aromatic carbocycles. The number of carbonyl (C=O) groups is 3. The van der Waals surface area contributed by atoms with E-state index in [1.54, 1.807) is 84.7 Å². The van der Waals surface area contributed by atoms with Crippen LogP contribution in [0.5, 0.6) is 11.5 Å². The van der Waals surface area contributed by atoms with E-state index in [2.05, 4.69) is 15.3 Å². The minimum Gasteiger partial charge on any atom is -0.454 e. The fourth-order valence-electron chi connectivity index (χ4n) is 5.97. The van der Waals surface area contributed by atoms with E-state index in [0.717, 1.165) is 0 Å². The molecule has 1 aliphatic carbocycles. The molecule has 1 aliphatic rings. The van der Waals surface area contributed by atoms with Crippen LogP contribution in [0.15, 0.2) is 79.3 Å². The molecule has 1 saturated carbocycles. The highest BCUT2D eigenvalue weighted by Gasteiger charge is 2.43. The Bertz CT molecular complexity index is 1980. The van der Waals surface area contributed by atoms with Gasteiger partial charge in [-0.3, -0.25) is 14.4 Å². The van der Waals surface area contributed by atoms with Crippen LogP contribution in [0.25, 0.3) is 22.0 Å². The van der Waals surface area contributed by atoms with Gasteiger partial charge in [0.05, 0.1) is 30.5 Å². The fourth-order valence-corrected chi connectivity index (χ4v) is 6.21. The van der Waals surface area contributed by atoms with Gasteiger partial charge in [0.1, 0.15) is 17.7 Å². The van der Waals surface area contributed by atoms with Gasteiger partial charge in [-0.1, -0.05) is 41.9 Å². The standard InChI is InChI=1S/C35H29ClF2N4O4/c1-19(43)29-17-42(32-11-10-22(14-26(29)32)46-23-15-39-20(2)40-16-23)18-33(44)27-12-21(37)13-28(27)35(45)41-31-9-5-7-25(34(31)38)24-6-3-4-8-30(24)36/h3-11,14-17,21,27-28H,12-13,18H2,1-2H3,(H,41,45)/t21-,27?,28+/m0/s1. The Kier molecular flexibility index (Phi) is 8.64. The SMILES string of the molecule is CC(=O)c1cn(CC(=O)C2C[C@H](F)C[C@H]2C(=O)Nc2cccc(-c3ccccc3Cl)c2F)c2ccc(Oc3cnc(C)nc3)cc12. The number of ketones is 2. The Labute approximate surface area is 268 Å². The molecule has 11 heteroatoms. The molecule has 0 saturated heterocycles. The topological polar surface area (TPSA) is 103 Å². The third-order valence-electron chi connectivity index (χ3n) is 8.23. The number of nitrogens with zero attached hydrogens (tertiary/aromatic N) is 3. The Morgan fingerprint density at radius 2 is 1.70 bits per heavy atom. The van der Waals surface area contributed by atoms with Crippen molar-refractivity contribution in [3.63, 3.8) is 0 Å². The summed E-state index contributed by atoms with van der Waals surface area (Å²) in [4.78, 5) is 47.8. The van der Waals surface area contributed by atoms with Gasteiger partial charge in [-0.15, -0.1) is 0 Å². The molecule has 3 atom stereocenters. The van der Waals surface area contributed by atoms with E-state index in [1.165, 1.54) is 13.0 Å². The molecule has 2 aromatic heterocycles. The van der Waals surface area contributed by atoms with Crippen LogP contribution in [0.3, 0.4) is 0 Å². The van der Waals surface area contributed by atoms with E-state index in [-0.39, 0.29) is 42.2 Å². The van der Waals surface area contributed by atoms with Gasteiger partial charge in [-0.05, 0) is 57.0 Å². The number of fused-ring (bicyclic) bond motifs is 1. The van der Waals surface area contributed by atoms with E-state index in [4.69, 9.17) is 16.3 Å². The second kappa shape index (κ2) is 12.8. The third-order valence-corrected chi connectivity index (χ3v) is 8.56. The van der Waals surface area contributed by atoms with E-state index in [9.17, 15) is 18.8 Å². The Morgan fingerprint density at radius 1 is 0.978 bits per heavy atom. The van der Waals surface area contributed by atoms with Crippen molar-refractivity contribution in [2.45, 2.75) is 39.4 Å². The number of benzene rings is 3. The predicted molar refractivity (Wildman–Crippen MR) is 170 cm³/mol. The van der Waals surface area contributed by atoms with Crippen molar-refractivity contribution in [3.8, 4) is 22.6 Å². The van der Waals surface area contributed by atoms with Crippen LogP contribution < -0.4 is 10.1 Å². The lowest BCUT2D eigenvalue weighted by atomic mass is 9.90. The van der Waals surface area contributed by atoms with Gasteiger partial charge in [0.25, 0.3) is 0 Å². The third kappa shape index (κ3) is 6.25. The molecule has 2 heterocycles. The first-order valence-electron chi connectivity index (χ1n) is 14.7. The average Bonchev–Trinajstić information content (AvgIpc) is 3.60. The summed E-state index contributed by atoms with van der Waals surface area (Å²) in [5.41, 5.74) is 1.55. The van der Waals surface area contributed by atoms with E-state index < -0.39 is 29.7 Å². The molecule has 5 aromatic rings. The number of aromatic nitrogens is 3. The molecule has 1 fully saturated rings. The first-order valence-corrected chi connectivity index (χ1v) is 15.1. The maximum atomic E-state index is 15.5. The molecule has 46 heavy (non-hydrogen) atoms. The second-order valence-corrected chi connectivity index (χ2v) is 11.8. The van der Waals surface area contributed by atoms with Gasteiger partial charge in [0.15, 0.2) is 23.1 Å². The minimum atomic E-state index is -1.37. The zero-order valence-electron chi connectivity index (χ0n) is 25.0. The number of aryl methyl sites for hydroxylation is 1. The number of hydrogen-bond acceptors (Lipinski definition) is 6. The van der Waals surface area contributed by atoms with E-state index in [0.29, 0.717) is 44.4 Å². The number of alkyl halides is 1. The summed E-state index contributed by atoms with van der Waals surface area (Å²) in [6.45, 7) is 2.99. The number of Topliss-reactive ketones (excluding diaryl/α,β-unsaturated/α-hetero) is 2. The largest absolute Gasteiger partial charge is 0.454 e. The lowest BCUT2D eigenvalue weighted by molar-refractivity contribution is -0.130. The number of halogens is 3. The van der Waals surface area contributed by atoms with Crippen molar-refractivity contribution in [3.05, 3.63) is 101 Å². The Morgan fingerprint density at radius 3 is 2.43 bits per heavy atom. The lowest BCUT2D eigenvalue weighted by Gasteiger charge is -2.19. The maximum absolute atomic E-state index is 15.5. The van der Waals surface area contributed by atoms with Gasteiger partial charge in [-0.25, -0.2) is 18.7 Å². The molecular weight excluding hydrogens is 614 g/mol. The Balaban J connectivity index is 1.22. The van der Waals surface area contributed by atoms with Crippen molar-refractivity contribution in [2.24, 2.45) is 11.8 Å². The predicted octanol–water partition coefficient (Wildman–Crippen LogP) is 7.77. The summed E-state index contributed by atoms with van der Waals surface area (Å²) >= 11 is 6.26. The number of rotatable bonds is 9. The van der Waals surface area contributed by atoms with Gasteiger partial charge >= 0.3 is 0 Å². The number of amides is 1. The molecule has 0 bridgehead atoms. The highest BCUT2D eigenvalue weighted by molar-refractivity contribution is 6.33. The molecular formula is C35H29ClF2N4O4. The second-order valence-electron chi connectivity index (χ2n) is 11.4. The molecule has 1 unspecified atom stereocenters. The number of anilines is 1. The van der Waals surface area contributed by atoms with Crippen LogP contribution >= 0.6 is 11.6 Å². The van der Waals surface area contributed by atoms with E-state index in [1.807, 2.05) is 0 Å². The van der Waals surface area contributed by atoms with Crippen molar-refractivity contribution >= 4 is 45.7 Å². The number of carbonyl (C=O) groups excluding carboxylic acids is 3. The van der Waals surface area contributed by atoms with E-state index >= 15 is 4.39 Å². The molecule has 6 rings (SSSR count). The molecule has 234 valence electrons. The van der Waals surface area contributed by atoms with Crippen LogP contribution in [-0.2, 0) is 16.1 Å². The molecule has 1 N–H and O–H groups in total. The Hall–Kier alpha value is -4.96. The summed E-state index contributed by atoms with van der Waals surface area (Å²) in [6.07, 6.45) is 2.99. The molecule has 0 aliphatic heterocycles. The summed E-state index contributed by atoms with van der Waals surface area (Å²) in [6, 6.07) is 16.4. The number of nitrogens with one attached hydrogen (secondary N) is 1. The first kappa shape index (κ1) is 31.0. The summed E-state index contributed by atoms with van der Waals surface area (Å²) < 4.78 is 37.8. The van der Waals surface area contributed by atoms with Crippen LogP contribution in [0.4, 0.5) is 14.5 Å². The fraction of sp³-hybridized carbons (Fsp3) is 0.229. The molecule has 0 spiro atoms. The highest BCUT2D eigenvalue weighted by Crippen LogP contribution is 2.38. The normalized spacial score (nSPS) is 17.6. The number of ether oxygens (including phenoxy) is 1. The van der Waals surface area contributed by atoms with Gasteiger partial charge in [0, 0.05) is 44.7 Å². The zero-order chi connectivity index (χ0) is 32.5. The summed E-state index contributed by atoms with van der Waals surface area (Å²) in [5, 5.41) is 3.50. The molecule has 8 nitrogen and oxygen atoms in total. The monoisotopic (exact) mass is 642 g/mol. The van der Waals surface area contributed by atoms with Gasteiger partial charge in [-0.2, -0.15) is 0 Å². The van der Waals surface area contributed by atoms with Crippen molar-refractivity contribution in [1.82, 2.24) is 14.5 Å². The van der Waals surface area contributed by atoms with Gasteiger partial charge < -0.3 is 14.6 Å². The number of hydrogen-bond donors (Lipinski definition) is 1. The maximum Gasteiger partial charge on any atom is 0.228 e. The zero-order valence-corrected chi connectivity index (χ0v) is 25.7. The average molecular weight is 643 g/mol. The summed E-state index contributed by atoms with van der Waals surface area (Å²) in [5.74, 6) is -2.38. The first-order chi connectivity index (χ1) is 22.1. The quantitative estimate of drug-likeness (QED) is 0.165. The lowest BCUT2D eigenvalue weighted by Crippen LogP contribution is -2.32. The highest BCUT2D eigenvalue weighted by atomic mass is 35.5.